The number of nitrogens with zero attached hydrogens (tertiary/aromatic N) is 4. The minimum Gasteiger partial charge on any atom is -0.507 e. The molecule has 5 rings (SSSR count). The number of phenols is 1. The third-order valence-corrected chi connectivity index (χ3v) is 5.53. The molecule has 0 spiro atoms. The molecule has 1 atom stereocenters. The minimum atomic E-state index is -0.153. The Morgan fingerprint density at radius 2 is 2.00 bits per heavy atom. The SMILES string of the molecule is Oc1ccccc1-c1cc2c(nn1)NCC1CN(CCC3OC=CO3)CCN21. The highest BCUT2D eigenvalue weighted by molar-refractivity contribution is 5.76. The zero-order valence-corrected chi connectivity index (χ0v) is 15.5. The number of phenolic OH excluding ortho intramolecular Hbond substituents is 1. The smallest absolute Gasteiger partial charge is 0.240 e. The topological polar surface area (TPSA) is 83.0 Å². The van der Waals surface area contributed by atoms with Gasteiger partial charge in [0.1, 0.15) is 18.3 Å². The van der Waals surface area contributed by atoms with Gasteiger partial charge in [-0.3, -0.25) is 4.90 Å². The molecule has 0 aliphatic carbocycles. The molecule has 8 heteroatoms. The van der Waals surface area contributed by atoms with Gasteiger partial charge < -0.3 is 24.8 Å². The highest BCUT2D eigenvalue weighted by Crippen LogP contribution is 2.35. The number of aromatic hydroxyl groups is 1. The molecule has 1 fully saturated rings. The Balaban J connectivity index is 1.31. The number of benzene rings is 1. The lowest BCUT2D eigenvalue weighted by Gasteiger charge is -2.45. The third kappa shape index (κ3) is 3.20. The minimum absolute atomic E-state index is 0.153. The Labute approximate surface area is 163 Å². The maximum atomic E-state index is 10.2. The van der Waals surface area contributed by atoms with Gasteiger partial charge in [-0.1, -0.05) is 12.1 Å². The van der Waals surface area contributed by atoms with Gasteiger partial charge in [0.25, 0.3) is 0 Å². The summed E-state index contributed by atoms with van der Waals surface area (Å²) in [6.45, 7) is 4.66. The number of nitrogens with one attached hydrogen (secondary N) is 1. The van der Waals surface area contributed by atoms with Gasteiger partial charge in [-0.05, 0) is 18.2 Å². The van der Waals surface area contributed by atoms with Gasteiger partial charge >= 0.3 is 0 Å². The van der Waals surface area contributed by atoms with Crippen LogP contribution in [-0.4, -0.2) is 65.3 Å². The molecule has 3 aliphatic heterocycles. The number of piperazine rings is 1. The zero-order chi connectivity index (χ0) is 18.9. The van der Waals surface area contributed by atoms with E-state index in [2.05, 4.69) is 25.3 Å². The molecule has 0 saturated carbocycles. The van der Waals surface area contributed by atoms with Crippen molar-refractivity contribution in [3.63, 3.8) is 0 Å². The number of rotatable bonds is 4. The summed E-state index contributed by atoms with van der Waals surface area (Å²) in [5.41, 5.74) is 2.43. The van der Waals surface area contributed by atoms with Gasteiger partial charge in [-0.2, -0.15) is 0 Å². The van der Waals surface area contributed by atoms with E-state index in [9.17, 15) is 5.11 Å². The van der Waals surface area contributed by atoms with Crippen molar-refractivity contribution < 1.29 is 14.6 Å². The molecule has 0 radical (unpaired) electrons. The second kappa shape index (κ2) is 7.20. The van der Waals surface area contributed by atoms with Crippen LogP contribution in [0.15, 0.2) is 42.9 Å². The van der Waals surface area contributed by atoms with E-state index in [1.54, 1.807) is 24.7 Å². The van der Waals surface area contributed by atoms with Gasteiger partial charge in [-0.25, -0.2) is 0 Å². The first-order chi connectivity index (χ1) is 13.8. The monoisotopic (exact) mass is 381 g/mol. The van der Waals surface area contributed by atoms with Gasteiger partial charge in [0.2, 0.25) is 6.29 Å². The van der Waals surface area contributed by atoms with E-state index in [0.29, 0.717) is 17.3 Å². The van der Waals surface area contributed by atoms with Crippen molar-refractivity contribution in [2.45, 2.75) is 18.8 Å². The Morgan fingerprint density at radius 3 is 2.86 bits per heavy atom. The van der Waals surface area contributed by atoms with Crippen molar-refractivity contribution in [3.05, 3.63) is 42.9 Å². The molecule has 146 valence electrons. The van der Waals surface area contributed by atoms with Crippen LogP contribution in [0.2, 0.25) is 0 Å². The fourth-order valence-corrected chi connectivity index (χ4v) is 4.07. The van der Waals surface area contributed by atoms with Crippen molar-refractivity contribution in [3.8, 4) is 17.0 Å². The molecular weight excluding hydrogens is 358 g/mol. The first-order valence-electron chi connectivity index (χ1n) is 9.63. The number of hydrogen-bond donors (Lipinski definition) is 2. The van der Waals surface area contributed by atoms with E-state index in [-0.39, 0.29) is 12.0 Å². The lowest BCUT2D eigenvalue weighted by Crippen LogP contribution is -2.58. The zero-order valence-electron chi connectivity index (χ0n) is 15.5. The van der Waals surface area contributed by atoms with Crippen LogP contribution >= 0.6 is 0 Å². The average Bonchev–Trinajstić information content (AvgIpc) is 3.25. The van der Waals surface area contributed by atoms with Gasteiger partial charge in [-0.15, -0.1) is 10.2 Å². The first kappa shape index (κ1) is 17.1. The number of anilines is 2. The summed E-state index contributed by atoms with van der Waals surface area (Å²) in [5.74, 6) is 1.02. The average molecular weight is 381 g/mol. The van der Waals surface area contributed by atoms with Crippen molar-refractivity contribution in [1.29, 1.82) is 0 Å². The number of fused-ring (bicyclic) bond motifs is 3. The number of para-hydroxylation sites is 1. The summed E-state index contributed by atoms with van der Waals surface area (Å²) in [6, 6.07) is 9.62. The summed E-state index contributed by atoms with van der Waals surface area (Å²) in [5, 5.41) is 22.2. The van der Waals surface area contributed by atoms with E-state index >= 15 is 0 Å². The van der Waals surface area contributed by atoms with Crippen LogP contribution in [0.25, 0.3) is 11.3 Å². The molecule has 0 amide bonds. The molecule has 28 heavy (non-hydrogen) atoms. The molecule has 1 aromatic carbocycles. The van der Waals surface area contributed by atoms with Crippen LogP contribution in [0, 0.1) is 0 Å². The molecule has 1 unspecified atom stereocenters. The first-order valence-corrected chi connectivity index (χ1v) is 9.63. The quantitative estimate of drug-likeness (QED) is 0.832. The second-order valence-corrected chi connectivity index (χ2v) is 7.27. The number of ether oxygens (including phenoxy) is 2. The van der Waals surface area contributed by atoms with Gasteiger partial charge in [0.05, 0.1) is 17.4 Å². The maximum Gasteiger partial charge on any atom is 0.240 e. The Kier molecular flexibility index (Phi) is 4.40. The molecule has 2 N–H and O–H groups in total. The highest BCUT2D eigenvalue weighted by atomic mass is 16.7. The van der Waals surface area contributed by atoms with Crippen LogP contribution in [-0.2, 0) is 9.47 Å². The van der Waals surface area contributed by atoms with Gasteiger partial charge in [0.15, 0.2) is 5.82 Å². The van der Waals surface area contributed by atoms with Crippen LogP contribution < -0.4 is 10.2 Å². The fraction of sp³-hybridized carbons (Fsp3) is 0.400. The van der Waals surface area contributed by atoms with Crippen molar-refractivity contribution in [1.82, 2.24) is 15.1 Å². The maximum absolute atomic E-state index is 10.2. The third-order valence-electron chi connectivity index (χ3n) is 5.53. The second-order valence-electron chi connectivity index (χ2n) is 7.27. The predicted molar refractivity (Wildman–Crippen MR) is 105 cm³/mol. The Hall–Kier alpha value is -3.00. The standard InChI is InChI=1S/C20H23N5O3/c26-18-4-2-1-3-15(18)16-11-17-20(23-22-16)21-12-14-13-24(7-8-25(14)17)6-5-19-27-9-10-28-19/h1-4,9-11,14,19,26H,5-8,12-13H2,(H,21,23). The lowest BCUT2D eigenvalue weighted by molar-refractivity contribution is -0.0343. The molecule has 4 heterocycles. The highest BCUT2D eigenvalue weighted by Gasteiger charge is 2.33. The van der Waals surface area contributed by atoms with Gasteiger partial charge in [0, 0.05) is 44.7 Å². The van der Waals surface area contributed by atoms with E-state index in [0.717, 1.165) is 50.6 Å². The molecule has 1 saturated heterocycles. The predicted octanol–water partition coefficient (Wildman–Crippen LogP) is 2.00. The molecule has 8 nitrogen and oxygen atoms in total. The largest absolute Gasteiger partial charge is 0.507 e. The fourth-order valence-electron chi connectivity index (χ4n) is 4.07. The lowest BCUT2D eigenvalue weighted by atomic mass is 10.1. The van der Waals surface area contributed by atoms with Crippen molar-refractivity contribution >= 4 is 11.5 Å². The molecule has 2 aromatic rings. The van der Waals surface area contributed by atoms with Crippen LogP contribution in [0.1, 0.15) is 6.42 Å². The van der Waals surface area contributed by atoms with E-state index in [4.69, 9.17) is 9.47 Å². The van der Waals surface area contributed by atoms with E-state index in [1.807, 2.05) is 18.2 Å². The summed E-state index contributed by atoms with van der Waals surface area (Å²) in [7, 11) is 0. The van der Waals surface area contributed by atoms with Crippen LogP contribution in [0.3, 0.4) is 0 Å². The van der Waals surface area contributed by atoms with Crippen LogP contribution in [0.5, 0.6) is 5.75 Å². The normalized spacial score (nSPS) is 21.4. The van der Waals surface area contributed by atoms with E-state index in [1.165, 1.54) is 0 Å². The molecule has 3 aliphatic rings. The Morgan fingerprint density at radius 1 is 1.14 bits per heavy atom. The molecule has 0 bridgehead atoms. The summed E-state index contributed by atoms with van der Waals surface area (Å²) in [4.78, 5) is 4.86. The molecule has 1 aromatic heterocycles. The number of aromatic nitrogens is 2. The van der Waals surface area contributed by atoms with E-state index < -0.39 is 0 Å². The molecular formula is C20H23N5O3. The number of hydrogen-bond acceptors (Lipinski definition) is 8. The van der Waals surface area contributed by atoms with Crippen molar-refractivity contribution in [2.24, 2.45) is 0 Å². The Bertz CT molecular complexity index is 882. The summed E-state index contributed by atoms with van der Waals surface area (Å²) in [6.07, 6.45) is 3.91. The summed E-state index contributed by atoms with van der Waals surface area (Å²) < 4.78 is 10.7. The van der Waals surface area contributed by atoms with Crippen molar-refractivity contribution in [2.75, 3.05) is 42.9 Å². The summed E-state index contributed by atoms with van der Waals surface area (Å²) >= 11 is 0. The van der Waals surface area contributed by atoms with Crippen LogP contribution in [0.4, 0.5) is 11.5 Å².